The lowest BCUT2D eigenvalue weighted by Crippen LogP contribution is -1.91. The summed E-state index contributed by atoms with van der Waals surface area (Å²) in [5.74, 6) is 1.56. The van der Waals surface area contributed by atoms with Crippen molar-refractivity contribution in [3.05, 3.63) is 56.0 Å². The molecular weight excluding hydrogens is 370 g/mol. The average molecular weight is 380 g/mol. The van der Waals surface area contributed by atoms with Gasteiger partial charge in [0.1, 0.15) is 11.5 Å². The van der Waals surface area contributed by atoms with Crippen molar-refractivity contribution >= 4 is 50.7 Å². The lowest BCUT2D eigenvalue weighted by Gasteiger charge is -2.12. The molecule has 2 aromatic carbocycles. The van der Waals surface area contributed by atoms with Crippen molar-refractivity contribution in [3.63, 3.8) is 0 Å². The normalized spacial score (nSPS) is 10.6. The molecule has 0 saturated carbocycles. The van der Waals surface area contributed by atoms with Gasteiger partial charge in [0, 0.05) is 16.1 Å². The van der Waals surface area contributed by atoms with E-state index in [0.29, 0.717) is 27.4 Å². The van der Waals surface area contributed by atoms with E-state index in [4.69, 9.17) is 39.5 Å². The minimum Gasteiger partial charge on any atom is -0.455 e. The maximum absolute atomic E-state index is 6.13. The van der Waals surface area contributed by atoms with Crippen LogP contribution in [-0.4, -0.2) is 0 Å². The molecule has 0 spiro atoms. The highest BCUT2D eigenvalue weighted by atomic mass is 79.9. The van der Waals surface area contributed by atoms with Crippen LogP contribution in [0, 0.1) is 6.92 Å². The van der Waals surface area contributed by atoms with Crippen LogP contribution >= 0.6 is 50.7 Å². The van der Waals surface area contributed by atoms with Crippen LogP contribution in [0.5, 0.6) is 11.5 Å². The van der Waals surface area contributed by atoms with E-state index >= 15 is 0 Å². The van der Waals surface area contributed by atoms with Gasteiger partial charge in [-0.25, -0.2) is 0 Å². The smallest absolute Gasteiger partial charge is 0.147 e. The van der Waals surface area contributed by atoms with E-state index in [1.807, 2.05) is 25.1 Å². The van der Waals surface area contributed by atoms with E-state index in [1.165, 1.54) is 0 Å². The molecule has 1 nitrogen and oxygen atoms in total. The fourth-order valence-corrected chi connectivity index (χ4v) is 2.65. The predicted molar refractivity (Wildman–Crippen MR) is 85.0 cm³/mol. The highest BCUT2D eigenvalue weighted by Crippen LogP contribution is 2.37. The van der Waals surface area contributed by atoms with E-state index in [2.05, 4.69) is 15.9 Å². The lowest BCUT2D eigenvalue weighted by molar-refractivity contribution is 0.478. The van der Waals surface area contributed by atoms with Crippen LogP contribution in [-0.2, 0) is 5.88 Å². The van der Waals surface area contributed by atoms with Crippen molar-refractivity contribution in [1.82, 2.24) is 0 Å². The topological polar surface area (TPSA) is 9.23 Å². The van der Waals surface area contributed by atoms with Crippen LogP contribution in [0.2, 0.25) is 10.0 Å². The van der Waals surface area contributed by atoms with Gasteiger partial charge in [-0.3, -0.25) is 0 Å². The SMILES string of the molecule is Cc1ccc(Oc2cc(Cl)c(Br)cc2Cl)c(CCl)c1. The van der Waals surface area contributed by atoms with Crippen molar-refractivity contribution in [2.45, 2.75) is 12.8 Å². The second kappa shape index (κ2) is 6.36. The number of benzene rings is 2. The molecule has 0 aliphatic heterocycles. The number of aryl methyl sites for hydroxylation is 1. The Balaban J connectivity index is 2.39. The Morgan fingerprint density at radius 1 is 1.05 bits per heavy atom. The summed E-state index contributed by atoms with van der Waals surface area (Å²) < 4.78 is 6.53. The number of alkyl halides is 1. The molecule has 100 valence electrons. The molecule has 5 heteroatoms. The molecule has 0 bridgehead atoms. The number of hydrogen-bond acceptors (Lipinski definition) is 1. The number of ether oxygens (including phenoxy) is 1. The molecule has 0 N–H and O–H groups in total. The number of hydrogen-bond donors (Lipinski definition) is 0. The second-order valence-corrected chi connectivity index (χ2v) is 5.98. The molecule has 0 atom stereocenters. The van der Waals surface area contributed by atoms with Crippen molar-refractivity contribution in [2.75, 3.05) is 0 Å². The molecule has 0 fully saturated rings. The summed E-state index contributed by atoms with van der Waals surface area (Å²) in [7, 11) is 0. The van der Waals surface area contributed by atoms with Gasteiger partial charge >= 0.3 is 0 Å². The van der Waals surface area contributed by atoms with Crippen LogP contribution in [0.15, 0.2) is 34.8 Å². The fraction of sp³-hybridized carbons (Fsp3) is 0.143. The van der Waals surface area contributed by atoms with Gasteiger partial charge in [0.25, 0.3) is 0 Å². The largest absolute Gasteiger partial charge is 0.455 e. The summed E-state index contributed by atoms with van der Waals surface area (Å²) in [6.07, 6.45) is 0. The summed E-state index contributed by atoms with van der Waals surface area (Å²) in [5.41, 5.74) is 2.04. The van der Waals surface area contributed by atoms with Gasteiger partial charge in [-0.15, -0.1) is 11.6 Å². The average Bonchev–Trinajstić information content (AvgIpc) is 2.37. The Kier molecular flexibility index (Phi) is 5.02. The van der Waals surface area contributed by atoms with Crippen molar-refractivity contribution in [2.24, 2.45) is 0 Å². The van der Waals surface area contributed by atoms with Gasteiger partial charge in [-0.05, 0) is 35.0 Å². The third kappa shape index (κ3) is 3.57. The number of rotatable bonds is 3. The molecule has 0 heterocycles. The number of halogens is 4. The molecule has 0 amide bonds. The van der Waals surface area contributed by atoms with E-state index in [-0.39, 0.29) is 0 Å². The van der Waals surface area contributed by atoms with Crippen LogP contribution in [0.1, 0.15) is 11.1 Å². The van der Waals surface area contributed by atoms with E-state index in [9.17, 15) is 0 Å². The molecule has 0 aliphatic carbocycles. The third-order valence-electron chi connectivity index (χ3n) is 2.55. The molecule has 0 aliphatic rings. The first kappa shape index (κ1) is 15.0. The van der Waals surface area contributed by atoms with Gasteiger partial charge in [-0.2, -0.15) is 0 Å². The molecule has 0 saturated heterocycles. The van der Waals surface area contributed by atoms with Gasteiger partial charge < -0.3 is 4.74 Å². The molecule has 0 aromatic heterocycles. The molecule has 0 radical (unpaired) electrons. The van der Waals surface area contributed by atoms with Crippen LogP contribution in [0.3, 0.4) is 0 Å². The summed E-state index contributed by atoms with van der Waals surface area (Å²) in [6.45, 7) is 2.00. The van der Waals surface area contributed by atoms with Gasteiger partial charge in [0.2, 0.25) is 0 Å². The summed E-state index contributed by atoms with van der Waals surface area (Å²) >= 11 is 21.4. The zero-order valence-corrected chi connectivity index (χ0v) is 13.9. The van der Waals surface area contributed by atoms with Crippen LogP contribution in [0.4, 0.5) is 0 Å². The predicted octanol–water partition coefficient (Wildman–Crippen LogP) is 6.60. The highest BCUT2D eigenvalue weighted by molar-refractivity contribution is 9.10. The maximum atomic E-state index is 6.13. The second-order valence-electron chi connectivity index (χ2n) is 4.04. The lowest BCUT2D eigenvalue weighted by atomic mass is 10.1. The minimum absolute atomic E-state index is 0.374. The Labute approximate surface area is 135 Å². The summed E-state index contributed by atoms with van der Waals surface area (Å²) in [4.78, 5) is 0. The van der Waals surface area contributed by atoms with Crippen LogP contribution < -0.4 is 4.74 Å². The summed E-state index contributed by atoms with van der Waals surface area (Å²) in [6, 6.07) is 9.19. The van der Waals surface area contributed by atoms with Gasteiger partial charge in [0.05, 0.1) is 15.9 Å². The zero-order chi connectivity index (χ0) is 14.0. The highest BCUT2D eigenvalue weighted by Gasteiger charge is 2.10. The van der Waals surface area contributed by atoms with Gasteiger partial charge in [-0.1, -0.05) is 40.9 Å². The Hall–Kier alpha value is -0.410. The zero-order valence-electron chi connectivity index (χ0n) is 10.0. The fourth-order valence-electron chi connectivity index (χ4n) is 1.61. The molecule has 2 rings (SSSR count). The van der Waals surface area contributed by atoms with Crippen molar-refractivity contribution in [1.29, 1.82) is 0 Å². The Bertz CT molecular complexity index is 614. The van der Waals surface area contributed by atoms with Crippen molar-refractivity contribution < 1.29 is 4.74 Å². The quantitative estimate of drug-likeness (QED) is 0.431. The standard InChI is InChI=1S/C14H10BrCl3O/c1-8-2-3-13(9(4-8)7-16)19-14-6-11(17)10(15)5-12(14)18/h2-6H,7H2,1H3. The first-order valence-electron chi connectivity index (χ1n) is 5.49. The van der Waals surface area contributed by atoms with Gasteiger partial charge in [0.15, 0.2) is 0 Å². The monoisotopic (exact) mass is 378 g/mol. The van der Waals surface area contributed by atoms with E-state index < -0.39 is 0 Å². The van der Waals surface area contributed by atoms with E-state index in [0.717, 1.165) is 15.6 Å². The molecular formula is C14H10BrCl3O. The summed E-state index contributed by atoms with van der Waals surface area (Å²) in [5, 5.41) is 1.02. The Morgan fingerprint density at radius 2 is 1.79 bits per heavy atom. The van der Waals surface area contributed by atoms with E-state index in [1.54, 1.807) is 12.1 Å². The minimum atomic E-state index is 0.374. The molecule has 19 heavy (non-hydrogen) atoms. The molecule has 2 aromatic rings. The third-order valence-corrected chi connectivity index (χ3v) is 4.34. The Morgan fingerprint density at radius 3 is 2.47 bits per heavy atom. The van der Waals surface area contributed by atoms with Crippen molar-refractivity contribution in [3.8, 4) is 11.5 Å². The first-order valence-corrected chi connectivity index (χ1v) is 7.57. The first-order chi connectivity index (χ1) is 9.01. The maximum Gasteiger partial charge on any atom is 0.147 e. The molecule has 0 unspecified atom stereocenters. The van der Waals surface area contributed by atoms with Crippen LogP contribution in [0.25, 0.3) is 0 Å².